The van der Waals surface area contributed by atoms with Gasteiger partial charge in [0, 0.05) is 11.4 Å². The van der Waals surface area contributed by atoms with Crippen molar-refractivity contribution >= 4 is 29.3 Å². The molecule has 1 atom stereocenters. The molecule has 1 heterocycles. The van der Waals surface area contributed by atoms with Crippen molar-refractivity contribution in [2.75, 3.05) is 24.3 Å². The van der Waals surface area contributed by atoms with Gasteiger partial charge in [-0.25, -0.2) is 4.79 Å². The minimum absolute atomic E-state index is 0.0535. The van der Waals surface area contributed by atoms with E-state index in [0.29, 0.717) is 34.2 Å². The van der Waals surface area contributed by atoms with Crippen LogP contribution in [0.1, 0.15) is 30.9 Å². The molecule has 186 valence electrons. The lowest BCUT2D eigenvalue weighted by molar-refractivity contribution is -0.138. The van der Waals surface area contributed by atoms with Crippen molar-refractivity contribution < 1.29 is 19.1 Å². The summed E-state index contributed by atoms with van der Waals surface area (Å²) in [4.78, 5) is 25.6. The lowest BCUT2D eigenvalue weighted by atomic mass is 9.82. The number of thioether (sulfide) groups is 1. The maximum atomic E-state index is 13.0. The molecule has 7 nitrogen and oxygen atoms in total. The second-order valence-corrected chi connectivity index (χ2v) is 8.98. The van der Waals surface area contributed by atoms with E-state index in [0.717, 1.165) is 16.8 Å². The summed E-state index contributed by atoms with van der Waals surface area (Å²) in [6, 6.07) is 17.1. The third-order valence-electron chi connectivity index (χ3n) is 5.49. The first kappa shape index (κ1) is 26.6. The van der Waals surface area contributed by atoms with Crippen molar-refractivity contribution in [2.45, 2.75) is 26.7 Å². The minimum Gasteiger partial charge on any atom is -0.494 e. The molecule has 0 saturated carbocycles. The van der Waals surface area contributed by atoms with E-state index in [9.17, 15) is 14.9 Å². The van der Waals surface area contributed by atoms with Gasteiger partial charge in [0.25, 0.3) is 0 Å². The second kappa shape index (κ2) is 12.7. The molecule has 36 heavy (non-hydrogen) atoms. The van der Waals surface area contributed by atoms with Gasteiger partial charge < -0.3 is 20.1 Å². The van der Waals surface area contributed by atoms with E-state index in [4.69, 9.17) is 9.47 Å². The number of para-hydroxylation sites is 1. The van der Waals surface area contributed by atoms with Gasteiger partial charge in [-0.05, 0) is 50.1 Å². The SMILES string of the molecule is C=CCOC(=O)C1=C(C)NC(SCC(=O)Nc2ccccc2C)=C(C#N)[C@H]1c1ccc(OCC)cc1. The zero-order chi connectivity index (χ0) is 26.1. The van der Waals surface area contributed by atoms with Gasteiger partial charge in [-0.3, -0.25) is 4.79 Å². The summed E-state index contributed by atoms with van der Waals surface area (Å²) in [5.41, 5.74) is 3.67. The number of nitriles is 1. The van der Waals surface area contributed by atoms with Crippen LogP contribution in [0, 0.1) is 18.3 Å². The fourth-order valence-electron chi connectivity index (χ4n) is 3.80. The highest BCUT2D eigenvalue weighted by atomic mass is 32.2. The number of carbonyl (C=O) groups is 2. The Hall–Kier alpha value is -3.96. The summed E-state index contributed by atoms with van der Waals surface area (Å²) in [6.45, 7) is 9.75. The molecular formula is C28H29N3O4S. The quantitative estimate of drug-likeness (QED) is 0.340. The fraction of sp³-hybridized carbons (Fsp3) is 0.250. The Morgan fingerprint density at radius 3 is 2.56 bits per heavy atom. The number of benzene rings is 2. The number of anilines is 1. The van der Waals surface area contributed by atoms with Crippen LogP contribution in [0.4, 0.5) is 5.69 Å². The van der Waals surface area contributed by atoms with Gasteiger partial charge in [0.2, 0.25) is 5.91 Å². The molecule has 1 aliphatic heterocycles. The van der Waals surface area contributed by atoms with Crippen LogP contribution in [-0.2, 0) is 14.3 Å². The number of nitrogens with zero attached hydrogens (tertiary/aromatic N) is 1. The number of ether oxygens (including phenoxy) is 2. The summed E-state index contributed by atoms with van der Waals surface area (Å²) < 4.78 is 10.9. The number of allylic oxidation sites excluding steroid dienone is 2. The Morgan fingerprint density at radius 1 is 1.19 bits per heavy atom. The van der Waals surface area contributed by atoms with Crippen molar-refractivity contribution in [3.63, 3.8) is 0 Å². The molecule has 0 saturated heterocycles. The summed E-state index contributed by atoms with van der Waals surface area (Å²) >= 11 is 1.22. The molecule has 8 heteroatoms. The minimum atomic E-state index is -0.661. The molecule has 0 aromatic heterocycles. The number of amides is 1. The first-order valence-electron chi connectivity index (χ1n) is 11.5. The van der Waals surface area contributed by atoms with E-state index in [1.165, 1.54) is 17.8 Å². The fourth-order valence-corrected chi connectivity index (χ4v) is 4.69. The van der Waals surface area contributed by atoms with Crippen molar-refractivity contribution in [3.05, 3.63) is 94.2 Å². The first-order chi connectivity index (χ1) is 17.4. The molecule has 2 N–H and O–H groups in total. The predicted molar refractivity (Wildman–Crippen MR) is 142 cm³/mol. The van der Waals surface area contributed by atoms with Crippen LogP contribution in [-0.4, -0.2) is 30.8 Å². The van der Waals surface area contributed by atoms with Crippen LogP contribution in [0.25, 0.3) is 0 Å². The summed E-state index contributed by atoms with van der Waals surface area (Å²) in [5, 5.41) is 16.7. The van der Waals surface area contributed by atoms with Crippen molar-refractivity contribution in [3.8, 4) is 11.8 Å². The molecule has 0 fully saturated rings. The van der Waals surface area contributed by atoms with Crippen LogP contribution in [0.2, 0.25) is 0 Å². The van der Waals surface area contributed by atoms with E-state index in [1.807, 2.05) is 50.2 Å². The van der Waals surface area contributed by atoms with Gasteiger partial charge in [0.05, 0.1) is 40.5 Å². The number of esters is 1. The third kappa shape index (κ3) is 6.37. The molecule has 0 aliphatic carbocycles. The Balaban J connectivity index is 1.91. The predicted octanol–water partition coefficient (Wildman–Crippen LogP) is 5.19. The number of aryl methyl sites for hydroxylation is 1. The molecule has 3 rings (SSSR count). The van der Waals surface area contributed by atoms with E-state index in [2.05, 4.69) is 23.3 Å². The third-order valence-corrected chi connectivity index (χ3v) is 6.51. The number of nitrogens with one attached hydrogen (secondary N) is 2. The van der Waals surface area contributed by atoms with Crippen LogP contribution >= 0.6 is 11.8 Å². The summed E-state index contributed by atoms with van der Waals surface area (Å²) in [5.74, 6) is -0.617. The summed E-state index contributed by atoms with van der Waals surface area (Å²) in [7, 11) is 0. The van der Waals surface area contributed by atoms with E-state index in [-0.39, 0.29) is 18.3 Å². The van der Waals surface area contributed by atoms with Crippen molar-refractivity contribution in [1.29, 1.82) is 5.26 Å². The Labute approximate surface area is 215 Å². The molecule has 2 aromatic carbocycles. The van der Waals surface area contributed by atoms with Crippen molar-refractivity contribution in [2.24, 2.45) is 0 Å². The lowest BCUT2D eigenvalue weighted by Gasteiger charge is -2.29. The zero-order valence-electron chi connectivity index (χ0n) is 20.6. The molecule has 1 aliphatic rings. The van der Waals surface area contributed by atoms with Crippen LogP contribution in [0.15, 0.2) is 83.1 Å². The van der Waals surface area contributed by atoms with Crippen molar-refractivity contribution in [1.82, 2.24) is 5.32 Å². The maximum absolute atomic E-state index is 13.0. The number of hydrogen-bond acceptors (Lipinski definition) is 7. The summed E-state index contributed by atoms with van der Waals surface area (Å²) in [6.07, 6.45) is 1.49. The van der Waals surface area contributed by atoms with Gasteiger partial charge in [-0.1, -0.05) is 54.7 Å². The molecule has 2 aromatic rings. The van der Waals surface area contributed by atoms with Crippen LogP contribution in [0.3, 0.4) is 0 Å². The van der Waals surface area contributed by atoms with E-state index in [1.54, 1.807) is 19.1 Å². The van der Waals surface area contributed by atoms with E-state index >= 15 is 0 Å². The van der Waals surface area contributed by atoms with Gasteiger partial charge in [0.15, 0.2) is 0 Å². The van der Waals surface area contributed by atoms with Crippen LogP contribution in [0.5, 0.6) is 5.75 Å². The molecule has 0 spiro atoms. The molecule has 0 radical (unpaired) electrons. The average Bonchev–Trinajstić information content (AvgIpc) is 2.87. The zero-order valence-corrected chi connectivity index (χ0v) is 21.4. The highest BCUT2D eigenvalue weighted by Crippen LogP contribution is 2.41. The monoisotopic (exact) mass is 503 g/mol. The van der Waals surface area contributed by atoms with Gasteiger partial charge in [-0.15, -0.1) is 0 Å². The highest BCUT2D eigenvalue weighted by Gasteiger charge is 2.35. The maximum Gasteiger partial charge on any atom is 0.337 e. The number of rotatable bonds is 10. The molecule has 0 bridgehead atoms. The second-order valence-electron chi connectivity index (χ2n) is 7.99. The average molecular weight is 504 g/mol. The Kier molecular flexibility index (Phi) is 9.37. The molecular weight excluding hydrogens is 474 g/mol. The van der Waals surface area contributed by atoms with Crippen LogP contribution < -0.4 is 15.4 Å². The highest BCUT2D eigenvalue weighted by molar-refractivity contribution is 8.03. The van der Waals surface area contributed by atoms with E-state index < -0.39 is 11.9 Å². The number of hydrogen-bond donors (Lipinski definition) is 2. The number of carbonyl (C=O) groups excluding carboxylic acids is 2. The largest absolute Gasteiger partial charge is 0.494 e. The molecule has 1 amide bonds. The Morgan fingerprint density at radius 2 is 1.92 bits per heavy atom. The lowest BCUT2D eigenvalue weighted by Crippen LogP contribution is -2.29. The first-order valence-corrected chi connectivity index (χ1v) is 12.5. The topological polar surface area (TPSA) is 100 Å². The van der Waals surface area contributed by atoms with Gasteiger partial charge in [-0.2, -0.15) is 5.26 Å². The standard InChI is InChI=1S/C28H29N3O4S/c1-5-15-35-28(33)25-19(4)30-27(36-17-24(32)31-23-10-8-7-9-18(23)3)22(16-29)26(25)20-11-13-21(14-12-20)34-6-2/h5,7-14,26,30H,1,6,15,17H2,2-4H3,(H,31,32)/t26-/m1/s1. The van der Waals surface area contributed by atoms with Gasteiger partial charge in [0.1, 0.15) is 12.4 Å². The van der Waals surface area contributed by atoms with Gasteiger partial charge >= 0.3 is 5.97 Å². The molecule has 0 unspecified atom stereocenters. The number of dihydropyridines is 1. The smallest absolute Gasteiger partial charge is 0.337 e. The Bertz CT molecular complexity index is 1240. The normalized spacial score (nSPS) is 15.0.